The molecule has 3 aliphatic rings. The van der Waals surface area contributed by atoms with Gasteiger partial charge in [0.25, 0.3) is 0 Å². The second kappa shape index (κ2) is 6.16. The highest BCUT2D eigenvalue weighted by atomic mass is 35.5. The molecule has 5 atom stereocenters. The van der Waals surface area contributed by atoms with Crippen LogP contribution in [-0.4, -0.2) is 18.2 Å². The lowest BCUT2D eigenvalue weighted by Crippen LogP contribution is -2.35. The first kappa shape index (κ1) is 16.9. The molecule has 2 saturated carbocycles. The second-order valence-electron chi connectivity index (χ2n) is 8.02. The minimum absolute atomic E-state index is 0.146. The lowest BCUT2D eigenvalue weighted by Gasteiger charge is -2.44. The number of aromatic carboxylic acids is 1. The van der Waals surface area contributed by atoms with Gasteiger partial charge in [-0.2, -0.15) is 0 Å². The van der Waals surface area contributed by atoms with Gasteiger partial charge in [-0.25, -0.2) is 4.79 Å². The van der Waals surface area contributed by atoms with Crippen molar-refractivity contribution in [3.8, 4) is 5.75 Å². The zero-order valence-corrected chi connectivity index (χ0v) is 15.9. The third-order valence-electron chi connectivity index (χ3n) is 6.89. The standard InChI is InChI=1S/C22H22ClNO3/c1-27-16-9-8-15(23)19-17-13-6-7-14(10-13)18(17)20(24-21(16)19)11-2-4-12(5-3-11)22(25)26/h2-5,8-9,13-14,17-18,20,24H,6-7,10H2,1H3,(H,25,26)/t13-,14-,17-,18-,20+/m0/s1. The molecule has 2 fully saturated rings. The summed E-state index contributed by atoms with van der Waals surface area (Å²) in [5, 5.41) is 13.7. The Labute approximate surface area is 163 Å². The Balaban J connectivity index is 1.63. The molecule has 0 aromatic heterocycles. The molecule has 0 amide bonds. The third-order valence-corrected chi connectivity index (χ3v) is 7.22. The Morgan fingerprint density at radius 1 is 1.15 bits per heavy atom. The predicted molar refractivity (Wildman–Crippen MR) is 105 cm³/mol. The van der Waals surface area contributed by atoms with Crippen LogP contribution in [0.5, 0.6) is 5.75 Å². The molecular weight excluding hydrogens is 362 g/mol. The smallest absolute Gasteiger partial charge is 0.335 e. The highest BCUT2D eigenvalue weighted by Gasteiger charge is 2.54. The number of carbonyl (C=O) groups is 1. The minimum atomic E-state index is -0.894. The van der Waals surface area contributed by atoms with Crippen LogP contribution in [0.4, 0.5) is 5.69 Å². The monoisotopic (exact) mass is 383 g/mol. The molecule has 5 heteroatoms. The van der Waals surface area contributed by atoms with Gasteiger partial charge in [-0.05, 0) is 72.8 Å². The number of methoxy groups -OCH3 is 1. The quantitative estimate of drug-likeness (QED) is 0.750. The van der Waals surface area contributed by atoms with Crippen molar-refractivity contribution in [3.63, 3.8) is 0 Å². The molecule has 4 nitrogen and oxygen atoms in total. The van der Waals surface area contributed by atoms with E-state index in [9.17, 15) is 9.90 Å². The van der Waals surface area contributed by atoms with Gasteiger partial charge in [0, 0.05) is 10.6 Å². The average Bonchev–Trinajstić information content (AvgIpc) is 3.30. The van der Waals surface area contributed by atoms with Gasteiger partial charge < -0.3 is 15.2 Å². The van der Waals surface area contributed by atoms with Crippen LogP contribution >= 0.6 is 11.6 Å². The van der Waals surface area contributed by atoms with Crippen molar-refractivity contribution in [2.75, 3.05) is 12.4 Å². The molecule has 0 radical (unpaired) electrons. The molecule has 0 unspecified atom stereocenters. The molecule has 2 aromatic rings. The van der Waals surface area contributed by atoms with E-state index in [1.54, 1.807) is 19.2 Å². The van der Waals surface area contributed by atoms with Crippen LogP contribution in [0.1, 0.15) is 52.7 Å². The van der Waals surface area contributed by atoms with Crippen LogP contribution in [0.25, 0.3) is 0 Å². The number of carboxylic acids is 1. The fraction of sp³-hybridized carbons (Fsp3) is 0.409. The van der Waals surface area contributed by atoms with Crippen LogP contribution in [0.2, 0.25) is 5.02 Å². The maximum Gasteiger partial charge on any atom is 0.335 e. The van der Waals surface area contributed by atoms with Gasteiger partial charge in [0.05, 0.1) is 24.4 Å². The Hall–Kier alpha value is -2.20. The molecule has 0 saturated heterocycles. The summed E-state index contributed by atoms with van der Waals surface area (Å²) in [6.45, 7) is 0. The maximum atomic E-state index is 11.2. The Morgan fingerprint density at radius 3 is 2.59 bits per heavy atom. The zero-order valence-electron chi connectivity index (χ0n) is 15.1. The highest BCUT2D eigenvalue weighted by molar-refractivity contribution is 6.32. The van der Waals surface area contributed by atoms with E-state index in [4.69, 9.17) is 16.3 Å². The summed E-state index contributed by atoms with van der Waals surface area (Å²) >= 11 is 6.66. The first-order valence-electron chi connectivity index (χ1n) is 9.54. The summed E-state index contributed by atoms with van der Waals surface area (Å²) in [5.41, 5.74) is 3.67. The van der Waals surface area contributed by atoms with E-state index < -0.39 is 5.97 Å². The summed E-state index contributed by atoms with van der Waals surface area (Å²) < 4.78 is 5.63. The van der Waals surface area contributed by atoms with Gasteiger partial charge in [0.15, 0.2) is 0 Å². The summed E-state index contributed by atoms with van der Waals surface area (Å²) in [6.07, 6.45) is 3.80. The number of ether oxygens (including phenoxy) is 1. The van der Waals surface area contributed by atoms with E-state index >= 15 is 0 Å². The minimum Gasteiger partial charge on any atom is -0.495 e. The predicted octanol–water partition coefficient (Wildman–Crippen LogP) is 5.34. The van der Waals surface area contributed by atoms with Gasteiger partial charge in [-0.15, -0.1) is 0 Å². The first-order valence-corrected chi connectivity index (χ1v) is 9.92. The van der Waals surface area contributed by atoms with Crippen molar-refractivity contribution in [2.45, 2.75) is 31.2 Å². The van der Waals surface area contributed by atoms with Gasteiger partial charge in [0.1, 0.15) is 5.75 Å². The van der Waals surface area contributed by atoms with Gasteiger partial charge in [-0.3, -0.25) is 0 Å². The molecule has 27 heavy (non-hydrogen) atoms. The Kier molecular flexibility index (Phi) is 3.87. The molecule has 2 bridgehead atoms. The van der Waals surface area contributed by atoms with E-state index in [-0.39, 0.29) is 6.04 Å². The molecule has 0 spiro atoms. The number of benzene rings is 2. The number of fused-ring (bicyclic) bond motifs is 7. The van der Waals surface area contributed by atoms with Crippen LogP contribution in [-0.2, 0) is 0 Å². The molecule has 2 N–H and O–H groups in total. The van der Waals surface area contributed by atoms with E-state index in [0.717, 1.165) is 22.0 Å². The number of hydrogen-bond donors (Lipinski definition) is 2. The molecule has 2 aliphatic carbocycles. The van der Waals surface area contributed by atoms with E-state index in [2.05, 4.69) is 5.32 Å². The van der Waals surface area contributed by atoms with E-state index in [1.165, 1.54) is 24.8 Å². The number of carboxylic acid groups (broad SMARTS) is 1. The van der Waals surface area contributed by atoms with Crippen LogP contribution in [0, 0.1) is 17.8 Å². The molecule has 5 rings (SSSR count). The maximum absolute atomic E-state index is 11.2. The van der Waals surface area contributed by atoms with Crippen molar-refractivity contribution in [3.05, 3.63) is 58.1 Å². The number of halogens is 1. The van der Waals surface area contributed by atoms with Crippen LogP contribution in [0.3, 0.4) is 0 Å². The van der Waals surface area contributed by atoms with Crippen molar-refractivity contribution < 1.29 is 14.6 Å². The first-order chi connectivity index (χ1) is 13.1. The van der Waals surface area contributed by atoms with E-state index in [1.807, 2.05) is 24.3 Å². The average molecular weight is 384 g/mol. The number of nitrogens with one attached hydrogen (secondary N) is 1. The zero-order chi connectivity index (χ0) is 18.7. The lowest BCUT2D eigenvalue weighted by atomic mass is 9.68. The van der Waals surface area contributed by atoms with Crippen LogP contribution < -0.4 is 10.1 Å². The van der Waals surface area contributed by atoms with Crippen molar-refractivity contribution in [2.24, 2.45) is 17.8 Å². The molecular formula is C22H22ClNO3. The van der Waals surface area contributed by atoms with Gasteiger partial charge in [0.2, 0.25) is 0 Å². The highest BCUT2D eigenvalue weighted by Crippen LogP contribution is 2.65. The summed E-state index contributed by atoms with van der Waals surface area (Å²) in [6, 6.07) is 11.3. The molecule has 140 valence electrons. The van der Waals surface area contributed by atoms with Gasteiger partial charge >= 0.3 is 5.97 Å². The molecule has 2 aromatic carbocycles. The topological polar surface area (TPSA) is 58.6 Å². The number of hydrogen-bond acceptors (Lipinski definition) is 3. The Bertz CT molecular complexity index is 911. The molecule has 1 heterocycles. The van der Waals surface area contributed by atoms with Gasteiger partial charge in [-0.1, -0.05) is 23.7 Å². The summed E-state index contributed by atoms with van der Waals surface area (Å²) in [4.78, 5) is 11.2. The normalized spacial score (nSPS) is 30.4. The Morgan fingerprint density at radius 2 is 1.89 bits per heavy atom. The van der Waals surface area contributed by atoms with Crippen LogP contribution in [0.15, 0.2) is 36.4 Å². The fourth-order valence-corrected chi connectivity index (χ4v) is 6.14. The number of anilines is 1. The summed E-state index contributed by atoms with van der Waals surface area (Å²) in [5.74, 6) is 2.21. The van der Waals surface area contributed by atoms with Crippen molar-refractivity contribution >= 4 is 23.3 Å². The van der Waals surface area contributed by atoms with Crippen molar-refractivity contribution in [1.82, 2.24) is 0 Å². The third kappa shape index (κ3) is 2.46. The van der Waals surface area contributed by atoms with E-state index in [0.29, 0.717) is 29.2 Å². The fourth-order valence-electron chi connectivity index (χ4n) is 5.85. The SMILES string of the molecule is COc1ccc(Cl)c2c1N[C@H](c1ccc(C(=O)O)cc1)[C@H]1[C@H]3CC[C@@H](C3)[C@H]21. The molecule has 1 aliphatic heterocycles. The lowest BCUT2D eigenvalue weighted by molar-refractivity contribution is 0.0697. The largest absolute Gasteiger partial charge is 0.495 e. The number of rotatable bonds is 3. The second-order valence-corrected chi connectivity index (χ2v) is 8.43. The summed E-state index contributed by atoms with van der Waals surface area (Å²) in [7, 11) is 1.69. The van der Waals surface area contributed by atoms with Crippen molar-refractivity contribution in [1.29, 1.82) is 0 Å².